The number of carbonyl (C=O) groups excluding carboxylic acids is 3. The fourth-order valence-corrected chi connectivity index (χ4v) is 3.20. The lowest BCUT2D eigenvalue weighted by Gasteiger charge is -2.12. The van der Waals surface area contributed by atoms with Gasteiger partial charge in [0.05, 0.1) is 23.8 Å². The van der Waals surface area contributed by atoms with E-state index < -0.39 is 5.91 Å². The van der Waals surface area contributed by atoms with E-state index in [2.05, 4.69) is 26.6 Å². The molecular weight excluding hydrogens is 434 g/mol. The molecule has 0 aliphatic carbocycles. The Kier molecular flexibility index (Phi) is 5.24. The number of fused-ring (bicyclic) bond motifs is 1. The summed E-state index contributed by atoms with van der Waals surface area (Å²) in [6.07, 6.45) is 0. The first-order valence-electron chi connectivity index (χ1n) is 7.74. The number of imide groups is 1. The summed E-state index contributed by atoms with van der Waals surface area (Å²) < 4.78 is 5.90. The number of methoxy groups -OCH3 is 1. The summed E-state index contributed by atoms with van der Waals surface area (Å²) in [6, 6.07) is 9.72. The first kappa shape index (κ1) is 19.0. The third-order valence-electron chi connectivity index (χ3n) is 3.98. The zero-order valence-corrected chi connectivity index (χ0v) is 16.7. The van der Waals surface area contributed by atoms with Crippen LogP contribution in [0.3, 0.4) is 0 Å². The van der Waals surface area contributed by atoms with E-state index in [4.69, 9.17) is 17.0 Å². The van der Waals surface area contributed by atoms with Crippen molar-refractivity contribution in [1.29, 1.82) is 0 Å². The van der Waals surface area contributed by atoms with Crippen LogP contribution in [0.5, 0.6) is 5.75 Å². The van der Waals surface area contributed by atoms with Gasteiger partial charge in [-0.3, -0.25) is 24.6 Å². The van der Waals surface area contributed by atoms with Crippen molar-refractivity contribution in [2.45, 2.75) is 0 Å². The van der Waals surface area contributed by atoms with Crippen LogP contribution in [-0.4, -0.2) is 41.9 Å². The van der Waals surface area contributed by atoms with E-state index in [0.717, 1.165) is 9.37 Å². The Morgan fingerprint density at radius 2 is 1.81 bits per heavy atom. The van der Waals surface area contributed by atoms with Crippen molar-refractivity contribution in [3.63, 3.8) is 0 Å². The summed E-state index contributed by atoms with van der Waals surface area (Å²) in [5.41, 5.74) is 1.42. The predicted molar refractivity (Wildman–Crippen MR) is 107 cm³/mol. The van der Waals surface area contributed by atoms with Crippen LogP contribution in [0.15, 0.2) is 40.9 Å². The van der Waals surface area contributed by atoms with Crippen molar-refractivity contribution < 1.29 is 19.1 Å². The van der Waals surface area contributed by atoms with Crippen LogP contribution >= 0.6 is 28.1 Å². The Bertz CT molecular complexity index is 993. The van der Waals surface area contributed by atoms with Crippen molar-refractivity contribution in [3.8, 4) is 5.75 Å². The van der Waals surface area contributed by atoms with E-state index in [-0.39, 0.29) is 22.5 Å². The minimum absolute atomic E-state index is 0.0482. The Morgan fingerprint density at radius 3 is 2.52 bits per heavy atom. The van der Waals surface area contributed by atoms with E-state index in [1.807, 2.05) is 0 Å². The number of ether oxygens (including phenoxy) is 1. The third kappa shape index (κ3) is 3.69. The zero-order chi connectivity index (χ0) is 19.7. The second kappa shape index (κ2) is 7.45. The van der Waals surface area contributed by atoms with Crippen LogP contribution < -0.4 is 15.4 Å². The molecule has 138 valence electrons. The van der Waals surface area contributed by atoms with Crippen LogP contribution in [0.1, 0.15) is 31.1 Å². The molecule has 27 heavy (non-hydrogen) atoms. The number of benzene rings is 2. The highest BCUT2D eigenvalue weighted by atomic mass is 79.9. The second-order valence-electron chi connectivity index (χ2n) is 5.68. The molecule has 0 spiro atoms. The van der Waals surface area contributed by atoms with Gasteiger partial charge in [0.1, 0.15) is 5.75 Å². The molecule has 2 N–H and O–H groups in total. The summed E-state index contributed by atoms with van der Waals surface area (Å²) in [5.74, 6) is -0.771. The molecule has 2 aromatic rings. The van der Waals surface area contributed by atoms with Gasteiger partial charge in [-0.15, -0.1) is 0 Å². The predicted octanol–water partition coefficient (Wildman–Crippen LogP) is 2.81. The summed E-state index contributed by atoms with van der Waals surface area (Å²) in [4.78, 5) is 37.5. The van der Waals surface area contributed by atoms with E-state index in [0.29, 0.717) is 22.6 Å². The highest BCUT2D eigenvalue weighted by molar-refractivity contribution is 9.10. The summed E-state index contributed by atoms with van der Waals surface area (Å²) in [7, 11) is 2.89. The lowest BCUT2D eigenvalue weighted by molar-refractivity contribution is 0.0692. The second-order valence-corrected chi connectivity index (χ2v) is 7.01. The van der Waals surface area contributed by atoms with Gasteiger partial charge >= 0.3 is 0 Å². The zero-order valence-electron chi connectivity index (χ0n) is 14.3. The maximum Gasteiger partial charge on any atom is 0.261 e. The molecule has 3 rings (SSSR count). The van der Waals surface area contributed by atoms with Crippen molar-refractivity contribution in [3.05, 3.63) is 57.6 Å². The van der Waals surface area contributed by atoms with Crippen LogP contribution in [-0.2, 0) is 0 Å². The van der Waals surface area contributed by atoms with Gasteiger partial charge in [0, 0.05) is 17.2 Å². The highest BCUT2D eigenvalue weighted by Crippen LogP contribution is 2.25. The van der Waals surface area contributed by atoms with Gasteiger partial charge in [0.2, 0.25) is 0 Å². The Hall–Kier alpha value is -2.78. The molecular formula is C18H14BrN3O4S. The molecule has 1 heterocycles. The Balaban J connectivity index is 1.74. The quantitative estimate of drug-likeness (QED) is 0.555. The van der Waals surface area contributed by atoms with Crippen LogP contribution in [0.2, 0.25) is 0 Å². The Morgan fingerprint density at radius 1 is 1.11 bits per heavy atom. The van der Waals surface area contributed by atoms with Gasteiger partial charge in [0.25, 0.3) is 17.7 Å². The fraction of sp³-hybridized carbons (Fsp3) is 0.111. The lowest BCUT2D eigenvalue weighted by atomic mass is 10.1. The number of anilines is 1. The lowest BCUT2D eigenvalue weighted by Crippen LogP contribution is -2.34. The van der Waals surface area contributed by atoms with E-state index >= 15 is 0 Å². The normalized spacial score (nSPS) is 12.6. The molecule has 0 radical (unpaired) electrons. The topological polar surface area (TPSA) is 87.7 Å². The molecule has 9 heteroatoms. The van der Waals surface area contributed by atoms with E-state index in [1.165, 1.54) is 20.2 Å². The first-order chi connectivity index (χ1) is 12.8. The highest BCUT2D eigenvalue weighted by Gasteiger charge is 2.32. The summed E-state index contributed by atoms with van der Waals surface area (Å²) >= 11 is 8.48. The van der Waals surface area contributed by atoms with Gasteiger partial charge in [-0.1, -0.05) is 15.9 Å². The SMILES string of the molecule is COc1ccc(Br)cc1C(=O)NC(=S)Nc1ccc2c(c1)C(=O)N(C)C2=O. The van der Waals surface area contributed by atoms with Crippen molar-refractivity contribution in [2.24, 2.45) is 0 Å². The van der Waals surface area contributed by atoms with Crippen LogP contribution in [0.4, 0.5) is 5.69 Å². The molecule has 0 unspecified atom stereocenters. The average molecular weight is 448 g/mol. The number of hydrogen-bond acceptors (Lipinski definition) is 5. The number of rotatable bonds is 3. The maximum absolute atomic E-state index is 12.5. The third-order valence-corrected chi connectivity index (χ3v) is 4.68. The van der Waals surface area contributed by atoms with Gasteiger partial charge in [-0.05, 0) is 48.6 Å². The summed E-state index contributed by atoms with van der Waals surface area (Å²) in [5, 5.41) is 5.45. The first-order valence-corrected chi connectivity index (χ1v) is 8.94. The molecule has 1 aliphatic heterocycles. The van der Waals surface area contributed by atoms with Gasteiger partial charge in [-0.2, -0.15) is 0 Å². The standard InChI is InChI=1S/C18H14BrN3O4S/c1-22-16(24)11-5-4-10(8-12(11)17(22)25)20-18(27)21-15(23)13-7-9(19)3-6-14(13)26-2/h3-8H,1-2H3,(H2,20,21,23,27). The number of amides is 3. The number of hydrogen-bond donors (Lipinski definition) is 2. The van der Waals surface area contributed by atoms with Crippen LogP contribution in [0.25, 0.3) is 0 Å². The van der Waals surface area contributed by atoms with Crippen LogP contribution in [0, 0.1) is 0 Å². The molecule has 0 fully saturated rings. The molecule has 0 atom stereocenters. The van der Waals surface area contributed by atoms with Crippen molar-refractivity contribution >= 4 is 56.7 Å². The summed E-state index contributed by atoms with van der Waals surface area (Å²) in [6.45, 7) is 0. The van der Waals surface area contributed by atoms with E-state index in [1.54, 1.807) is 30.3 Å². The molecule has 3 amide bonds. The molecule has 1 aliphatic rings. The maximum atomic E-state index is 12.5. The number of nitrogens with zero attached hydrogens (tertiary/aromatic N) is 1. The number of halogens is 1. The van der Waals surface area contributed by atoms with Gasteiger partial charge in [-0.25, -0.2) is 0 Å². The molecule has 0 saturated heterocycles. The van der Waals surface area contributed by atoms with E-state index in [9.17, 15) is 14.4 Å². The fourth-order valence-electron chi connectivity index (χ4n) is 2.63. The minimum Gasteiger partial charge on any atom is -0.496 e. The monoisotopic (exact) mass is 447 g/mol. The number of nitrogens with one attached hydrogen (secondary N) is 2. The molecule has 0 saturated carbocycles. The smallest absolute Gasteiger partial charge is 0.261 e. The van der Waals surface area contributed by atoms with Crippen molar-refractivity contribution in [2.75, 3.05) is 19.5 Å². The number of thiocarbonyl (C=S) groups is 1. The average Bonchev–Trinajstić information content (AvgIpc) is 2.85. The van der Waals surface area contributed by atoms with Crippen molar-refractivity contribution in [1.82, 2.24) is 10.2 Å². The Labute approximate surface area is 168 Å². The largest absolute Gasteiger partial charge is 0.496 e. The van der Waals surface area contributed by atoms with Gasteiger partial charge < -0.3 is 10.1 Å². The molecule has 0 aromatic heterocycles. The molecule has 7 nitrogen and oxygen atoms in total. The molecule has 2 aromatic carbocycles. The van der Waals surface area contributed by atoms with Gasteiger partial charge in [0.15, 0.2) is 5.11 Å². The molecule has 0 bridgehead atoms. The minimum atomic E-state index is -0.446. The number of carbonyl (C=O) groups is 3.